The summed E-state index contributed by atoms with van der Waals surface area (Å²) in [5.74, 6) is -1.75. The predicted octanol–water partition coefficient (Wildman–Crippen LogP) is 5.62. The van der Waals surface area contributed by atoms with Gasteiger partial charge in [0.2, 0.25) is 0 Å². The molecule has 0 aliphatic rings. The minimum Gasteiger partial charge on any atom is -0.424 e. The zero-order valence-corrected chi connectivity index (χ0v) is 14.0. The highest BCUT2D eigenvalue weighted by Gasteiger charge is 2.34. The van der Waals surface area contributed by atoms with Gasteiger partial charge >= 0.3 is 12.2 Å². The average molecular weight is 394 g/mol. The molecule has 27 heavy (non-hydrogen) atoms. The smallest absolute Gasteiger partial charge is 0.419 e. The van der Waals surface area contributed by atoms with Crippen molar-refractivity contribution in [3.8, 4) is 29.1 Å². The van der Waals surface area contributed by atoms with Crippen molar-refractivity contribution in [1.29, 1.82) is 5.26 Å². The molecule has 0 atom stereocenters. The molecular formula is C18H8ClF4N3O. The number of nitrogens with zero attached hydrogens (tertiary/aromatic N) is 3. The molecule has 0 saturated carbocycles. The maximum Gasteiger partial charge on any atom is 0.419 e. The number of hydrogen-bond acceptors (Lipinski definition) is 4. The normalized spacial score (nSPS) is 11.1. The molecule has 4 nitrogen and oxygen atoms in total. The van der Waals surface area contributed by atoms with Crippen LogP contribution in [-0.2, 0) is 6.18 Å². The summed E-state index contributed by atoms with van der Waals surface area (Å²) in [5.41, 5.74) is -0.623. The SMILES string of the molecule is N#Cc1cc(-c2ccc(Cl)cc2)nc(Oc2ccc(F)c(C(F)(F)F)c2)n1. The molecule has 0 aliphatic carbocycles. The van der Waals surface area contributed by atoms with E-state index in [0.29, 0.717) is 28.4 Å². The zero-order valence-electron chi connectivity index (χ0n) is 13.3. The summed E-state index contributed by atoms with van der Waals surface area (Å²) in [5, 5.41) is 9.61. The number of alkyl halides is 3. The van der Waals surface area contributed by atoms with Crippen molar-refractivity contribution in [3.63, 3.8) is 0 Å². The van der Waals surface area contributed by atoms with E-state index in [4.69, 9.17) is 21.6 Å². The Bertz CT molecular complexity index is 1030. The second-order valence-corrected chi connectivity index (χ2v) is 5.72. The lowest BCUT2D eigenvalue weighted by atomic mass is 10.1. The Kier molecular flexibility index (Phi) is 4.97. The Balaban J connectivity index is 1.99. The molecule has 0 radical (unpaired) electrons. The Morgan fingerprint density at radius 1 is 1.00 bits per heavy atom. The molecule has 1 aromatic heterocycles. The van der Waals surface area contributed by atoms with Crippen molar-refractivity contribution in [2.75, 3.05) is 0 Å². The lowest BCUT2D eigenvalue weighted by molar-refractivity contribution is -0.140. The van der Waals surface area contributed by atoms with Gasteiger partial charge < -0.3 is 4.74 Å². The van der Waals surface area contributed by atoms with E-state index in [2.05, 4.69) is 9.97 Å². The first-order valence-electron chi connectivity index (χ1n) is 7.36. The molecule has 3 aromatic rings. The van der Waals surface area contributed by atoms with Crippen LogP contribution in [0.3, 0.4) is 0 Å². The van der Waals surface area contributed by atoms with Crippen LogP contribution in [0.25, 0.3) is 11.3 Å². The second-order valence-electron chi connectivity index (χ2n) is 5.28. The van der Waals surface area contributed by atoms with E-state index in [0.717, 1.165) is 6.07 Å². The molecule has 0 spiro atoms. The fourth-order valence-corrected chi connectivity index (χ4v) is 2.31. The minimum absolute atomic E-state index is 0.0527. The first-order valence-corrected chi connectivity index (χ1v) is 7.74. The summed E-state index contributed by atoms with van der Waals surface area (Å²) in [7, 11) is 0. The molecule has 0 bridgehead atoms. The maximum atomic E-state index is 13.4. The summed E-state index contributed by atoms with van der Waals surface area (Å²) < 4.78 is 57.1. The van der Waals surface area contributed by atoms with Gasteiger partial charge in [0, 0.05) is 16.7 Å². The van der Waals surface area contributed by atoms with E-state index in [-0.39, 0.29) is 17.5 Å². The lowest BCUT2D eigenvalue weighted by Crippen LogP contribution is -2.08. The van der Waals surface area contributed by atoms with Crippen LogP contribution in [0.4, 0.5) is 17.6 Å². The Labute approximate surface area is 155 Å². The van der Waals surface area contributed by atoms with Crippen LogP contribution in [0.1, 0.15) is 11.3 Å². The van der Waals surface area contributed by atoms with Gasteiger partial charge in [0.25, 0.3) is 0 Å². The first kappa shape index (κ1) is 18.6. The molecule has 0 saturated heterocycles. The molecule has 0 unspecified atom stereocenters. The van der Waals surface area contributed by atoms with Gasteiger partial charge in [0.15, 0.2) is 0 Å². The van der Waals surface area contributed by atoms with Gasteiger partial charge in [0.1, 0.15) is 23.3 Å². The van der Waals surface area contributed by atoms with E-state index < -0.39 is 17.6 Å². The van der Waals surface area contributed by atoms with Crippen molar-refractivity contribution in [3.05, 3.63) is 70.6 Å². The minimum atomic E-state index is -4.88. The Morgan fingerprint density at radius 3 is 2.33 bits per heavy atom. The summed E-state index contributed by atoms with van der Waals surface area (Å²) in [4.78, 5) is 7.90. The van der Waals surface area contributed by atoms with Crippen LogP contribution < -0.4 is 4.74 Å². The van der Waals surface area contributed by atoms with Crippen LogP contribution in [0.15, 0.2) is 48.5 Å². The van der Waals surface area contributed by atoms with Gasteiger partial charge in [0.05, 0.1) is 11.3 Å². The van der Waals surface area contributed by atoms with Gasteiger partial charge in [-0.05, 0) is 30.3 Å². The highest BCUT2D eigenvalue weighted by Crippen LogP contribution is 2.34. The molecule has 136 valence electrons. The van der Waals surface area contributed by atoms with Crippen molar-refractivity contribution in [2.45, 2.75) is 6.18 Å². The maximum absolute atomic E-state index is 13.4. The van der Waals surface area contributed by atoms with Crippen LogP contribution in [0.5, 0.6) is 11.8 Å². The van der Waals surface area contributed by atoms with Gasteiger partial charge in [-0.2, -0.15) is 28.4 Å². The molecule has 0 N–H and O–H groups in total. The monoisotopic (exact) mass is 393 g/mol. The molecule has 3 rings (SSSR count). The fraction of sp³-hybridized carbons (Fsp3) is 0.0556. The van der Waals surface area contributed by atoms with E-state index in [1.165, 1.54) is 6.07 Å². The highest BCUT2D eigenvalue weighted by molar-refractivity contribution is 6.30. The lowest BCUT2D eigenvalue weighted by Gasteiger charge is -2.11. The van der Waals surface area contributed by atoms with Crippen molar-refractivity contribution < 1.29 is 22.3 Å². The Hall–Kier alpha value is -3.18. The van der Waals surface area contributed by atoms with Crippen LogP contribution in [-0.4, -0.2) is 9.97 Å². The van der Waals surface area contributed by atoms with Crippen LogP contribution in [0.2, 0.25) is 5.02 Å². The van der Waals surface area contributed by atoms with Crippen LogP contribution in [0, 0.1) is 17.1 Å². The molecule has 0 fully saturated rings. The topological polar surface area (TPSA) is 58.8 Å². The number of ether oxygens (including phenoxy) is 1. The van der Waals surface area contributed by atoms with Gasteiger partial charge in [-0.15, -0.1) is 0 Å². The van der Waals surface area contributed by atoms with E-state index >= 15 is 0 Å². The molecule has 1 heterocycles. The third-order valence-electron chi connectivity index (χ3n) is 3.41. The third-order valence-corrected chi connectivity index (χ3v) is 3.66. The summed E-state index contributed by atoms with van der Waals surface area (Å²) in [6, 6.07) is 11.5. The number of hydrogen-bond donors (Lipinski definition) is 0. The van der Waals surface area contributed by atoms with Gasteiger partial charge in [-0.1, -0.05) is 23.7 Å². The van der Waals surface area contributed by atoms with E-state index in [1.54, 1.807) is 24.3 Å². The number of halogens is 5. The zero-order chi connectivity index (χ0) is 19.6. The summed E-state index contributed by atoms with van der Waals surface area (Å²) in [6.45, 7) is 0. The third kappa shape index (κ3) is 4.33. The average Bonchev–Trinajstić information content (AvgIpc) is 2.62. The largest absolute Gasteiger partial charge is 0.424 e. The summed E-state index contributed by atoms with van der Waals surface area (Å²) >= 11 is 5.83. The highest BCUT2D eigenvalue weighted by atomic mass is 35.5. The summed E-state index contributed by atoms with van der Waals surface area (Å²) in [6.07, 6.45) is -4.88. The predicted molar refractivity (Wildman–Crippen MR) is 88.7 cm³/mol. The number of aromatic nitrogens is 2. The van der Waals surface area contributed by atoms with Gasteiger partial charge in [-0.3, -0.25) is 0 Å². The second kappa shape index (κ2) is 7.21. The fourth-order valence-electron chi connectivity index (χ4n) is 2.19. The van der Waals surface area contributed by atoms with Crippen molar-refractivity contribution in [2.24, 2.45) is 0 Å². The molecule has 2 aromatic carbocycles. The standard InChI is InChI=1S/C18H8ClF4N3O/c19-11-3-1-10(2-4-11)16-7-12(9-24)25-17(26-16)27-13-5-6-15(20)14(8-13)18(21,22)23/h1-8H. The Morgan fingerprint density at radius 2 is 1.70 bits per heavy atom. The number of benzene rings is 2. The molecule has 9 heteroatoms. The molecule has 0 amide bonds. The number of nitriles is 1. The van der Waals surface area contributed by atoms with E-state index in [9.17, 15) is 17.6 Å². The van der Waals surface area contributed by atoms with Crippen molar-refractivity contribution >= 4 is 11.6 Å². The van der Waals surface area contributed by atoms with E-state index in [1.807, 2.05) is 6.07 Å². The van der Waals surface area contributed by atoms with Gasteiger partial charge in [-0.25, -0.2) is 4.39 Å². The molecular weight excluding hydrogens is 386 g/mol. The quantitative estimate of drug-likeness (QED) is 0.542. The van der Waals surface area contributed by atoms with Crippen molar-refractivity contribution in [1.82, 2.24) is 9.97 Å². The number of rotatable bonds is 3. The first-order chi connectivity index (χ1) is 12.8. The molecule has 0 aliphatic heterocycles. The van der Waals surface area contributed by atoms with Crippen LogP contribution >= 0.6 is 11.6 Å².